The third-order valence-electron chi connectivity index (χ3n) is 4.11. The van der Waals surface area contributed by atoms with Crippen molar-refractivity contribution in [1.29, 1.82) is 0 Å². The smallest absolute Gasteiger partial charge is 0.416 e. The normalized spacial score (nSPS) is 19.2. The number of esters is 1. The van der Waals surface area contributed by atoms with Gasteiger partial charge in [-0.15, -0.1) is 0 Å². The topological polar surface area (TPSA) is 72.9 Å². The van der Waals surface area contributed by atoms with Crippen molar-refractivity contribution in [2.45, 2.75) is 78.1 Å². The summed E-state index contributed by atoms with van der Waals surface area (Å²) >= 11 is 0. The van der Waals surface area contributed by atoms with E-state index in [1.807, 2.05) is 0 Å². The number of alkyl halides is 3. The number of carbonyl (C=O) groups excluding carboxylic acids is 3. The second-order valence-corrected chi connectivity index (χ2v) is 8.09. The van der Waals surface area contributed by atoms with Crippen LogP contribution in [0.25, 0.3) is 0 Å². The van der Waals surface area contributed by atoms with Gasteiger partial charge in [-0.3, -0.25) is 9.59 Å². The molecule has 0 N–H and O–H groups in total. The number of amides is 2. The Morgan fingerprint density at radius 3 is 2.33 bits per heavy atom. The van der Waals surface area contributed by atoms with Crippen LogP contribution in [0.15, 0.2) is 0 Å². The van der Waals surface area contributed by atoms with E-state index >= 15 is 0 Å². The van der Waals surface area contributed by atoms with E-state index in [1.165, 1.54) is 0 Å². The van der Waals surface area contributed by atoms with Crippen molar-refractivity contribution in [2.24, 2.45) is 11.8 Å². The molecule has 0 bridgehead atoms. The Morgan fingerprint density at radius 1 is 1.26 bits per heavy atom. The van der Waals surface area contributed by atoms with Gasteiger partial charge in [-0.1, -0.05) is 13.8 Å². The fourth-order valence-corrected chi connectivity index (χ4v) is 2.82. The van der Waals surface area contributed by atoms with Crippen LogP contribution >= 0.6 is 0 Å². The van der Waals surface area contributed by atoms with Crippen LogP contribution in [0.2, 0.25) is 0 Å². The van der Waals surface area contributed by atoms with Crippen LogP contribution in [0.5, 0.6) is 0 Å². The van der Waals surface area contributed by atoms with E-state index < -0.39 is 48.1 Å². The number of carbonyl (C=O) groups is 3. The maximum absolute atomic E-state index is 12.9. The summed E-state index contributed by atoms with van der Waals surface area (Å²) in [4.78, 5) is 37.9. The number of hydrogen-bond donors (Lipinski definition) is 0. The van der Waals surface area contributed by atoms with Crippen LogP contribution in [0.4, 0.5) is 18.0 Å². The van der Waals surface area contributed by atoms with E-state index in [4.69, 9.17) is 9.47 Å². The third-order valence-corrected chi connectivity index (χ3v) is 4.11. The van der Waals surface area contributed by atoms with Crippen LogP contribution in [-0.2, 0) is 19.1 Å². The van der Waals surface area contributed by atoms with Crippen molar-refractivity contribution in [3.63, 3.8) is 0 Å². The lowest BCUT2D eigenvalue weighted by Gasteiger charge is -2.27. The van der Waals surface area contributed by atoms with Gasteiger partial charge < -0.3 is 9.47 Å². The largest absolute Gasteiger partial charge is 0.460 e. The number of imide groups is 1. The molecule has 2 amide bonds. The second kappa shape index (κ2) is 8.93. The molecule has 0 aromatic heterocycles. The Labute approximate surface area is 157 Å². The molecule has 1 aliphatic heterocycles. The lowest BCUT2D eigenvalue weighted by atomic mass is 9.94. The summed E-state index contributed by atoms with van der Waals surface area (Å²) in [5, 5.41) is 0. The zero-order valence-electron chi connectivity index (χ0n) is 16.4. The highest BCUT2D eigenvalue weighted by Crippen LogP contribution is 2.29. The number of nitrogens with zero attached hydrogens (tertiary/aromatic N) is 1. The second-order valence-electron chi connectivity index (χ2n) is 8.09. The standard InChI is InChI=1S/C18H28F3NO5/c1-11(2)13-10-26-16(25)22(13)15(24)12(7-6-8-18(19,20)21)9-14(23)27-17(3,4)5/h11-13H,6-10H2,1-5H3. The first-order valence-corrected chi connectivity index (χ1v) is 8.99. The maximum Gasteiger partial charge on any atom is 0.416 e. The first-order valence-electron chi connectivity index (χ1n) is 8.99. The Bertz CT molecular complexity index is 554. The zero-order chi connectivity index (χ0) is 21.0. The molecule has 0 aromatic carbocycles. The quantitative estimate of drug-likeness (QED) is 0.608. The van der Waals surface area contributed by atoms with E-state index in [9.17, 15) is 27.6 Å². The summed E-state index contributed by atoms with van der Waals surface area (Å²) in [6, 6.07) is -0.506. The highest BCUT2D eigenvalue weighted by atomic mass is 19.4. The van der Waals surface area contributed by atoms with Crippen molar-refractivity contribution in [2.75, 3.05) is 6.61 Å². The molecule has 0 spiro atoms. The van der Waals surface area contributed by atoms with Gasteiger partial charge in [-0.2, -0.15) is 13.2 Å². The van der Waals surface area contributed by atoms with Gasteiger partial charge in [0.05, 0.1) is 12.5 Å². The number of halogens is 3. The highest BCUT2D eigenvalue weighted by molar-refractivity contribution is 5.96. The summed E-state index contributed by atoms with van der Waals surface area (Å²) in [6.07, 6.45) is -7.13. The molecule has 2 unspecified atom stereocenters. The summed E-state index contributed by atoms with van der Waals surface area (Å²) < 4.78 is 47.5. The highest BCUT2D eigenvalue weighted by Gasteiger charge is 2.43. The molecule has 0 aromatic rings. The number of rotatable bonds is 7. The van der Waals surface area contributed by atoms with E-state index in [0.29, 0.717) is 0 Å². The zero-order valence-corrected chi connectivity index (χ0v) is 16.4. The summed E-state index contributed by atoms with van der Waals surface area (Å²) in [5.41, 5.74) is -0.788. The predicted octanol–water partition coefficient (Wildman–Crippen LogP) is 4.07. The number of hydrogen-bond acceptors (Lipinski definition) is 5. The first kappa shape index (κ1) is 23.2. The number of ether oxygens (including phenoxy) is 2. The molecule has 1 rings (SSSR count). The van der Waals surface area contributed by atoms with Crippen LogP contribution < -0.4 is 0 Å². The molecule has 27 heavy (non-hydrogen) atoms. The van der Waals surface area contributed by atoms with E-state index in [2.05, 4.69) is 0 Å². The molecule has 2 atom stereocenters. The minimum absolute atomic E-state index is 0.0317. The van der Waals surface area contributed by atoms with E-state index in [-0.39, 0.29) is 31.8 Å². The summed E-state index contributed by atoms with van der Waals surface area (Å²) in [5.74, 6) is -2.54. The molecule has 1 saturated heterocycles. The fraction of sp³-hybridized carbons (Fsp3) is 0.833. The van der Waals surface area contributed by atoms with Crippen molar-refractivity contribution in [3.05, 3.63) is 0 Å². The van der Waals surface area contributed by atoms with Crippen LogP contribution in [0, 0.1) is 11.8 Å². The molecule has 9 heteroatoms. The monoisotopic (exact) mass is 395 g/mol. The van der Waals surface area contributed by atoms with E-state index in [1.54, 1.807) is 34.6 Å². The third kappa shape index (κ3) is 7.76. The Kier molecular flexibility index (Phi) is 7.68. The van der Waals surface area contributed by atoms with Gasteiger partial charge in [-0.05, 0) is 39.5 Å². The number of cyclic esters (lactones) is 1. The fourth-order valence-electron chi connectivity index (χ4n) is 2.82. The summed E-state index contributed by atoms with van der Waals surface area (Å²) in [6.45, 7) is 8.59. The molecular weight excluding hydrogens is 367 g/mol. The molecule has 1 heterocycles. The van der Waals surface area contributed by atoms with Crippen molar-refractivity contribution in [3.8, 4) is 0 Å². The molecule has 0 saturated carbocycles. The maximum atomic E-state index is 12.9. The van der Waals surface area contributed by atoms with Gasteiger partial charge in [0, 0.05) is 12.3 Å². The minimum atomic E-state index is -4.35. The van der Waals surface area contributed by atoms with Crippen LogP contribution in [0.1, 0.15) is 60.3 Å². The Morgan fingerprint density at radius 2 is 1.85 bits per heavy atom. The minimum Gasteiger partial charge on any atom is -0.460 e. The Balaban J connectivity index is 2.92. The molecule has 1 fully saturated rings. The van der Waals surface area contributed by atoms with E-state index in [0.717, 1.165) is 4.90 Å². The average molecular weight is 395 g/mol. The molecular formula is C18H28F3NO5. The summed E-state index contributed by atoms with van der Waals surface area (Å²) in [7, 11) is 0. The first-order chi connectivity index (χ1) is 12.2. The van der Waals surface area contributed by atoms with Crippen molar-refractivity contribution in [1.82, 2.24) is 4.90 Å². The van der Waals surface area contributed by atoms with Gasteiger partial charge in [0.1, 0.15) is 12.2 Å². The lowest BCUT2D eigenvalue weighted by Crippen LogP contribution is -2.45. The SMILES string of the molecule is CC(C)C1COC(=O)N1C(=O)C(CCCC(F)(F)F)CC(=O)OC(C)(C)C. The van der Waals surface area contributed by atoms with Crippen LogP contribution in [-0.4, -0.2) is 47.3 Å². The van der Waals surface area contributed by atoms with Gasteiger partial charge >= 0.3 is 18.2 Å². The Hall–Kier alpha value is -1.80. The lowest BCUT2D eigenvalue weighted by molar-refractivity contribution is -0.158. The molecule has 1 aliphatic rings. The van der Waals surface area contributed by atoms with Crippen molar-refractivity contribution >= 4 is 18.0 Å². The molecule has 0 radical (unpaired) electrons. The van der Waals surface area contributed by atoms with Gasteiger partial charge in [-0.25, -0.2) is 9.69 Å². The average Bonchev–Trinajstić information content (AvgIpc) is 2.84. The van der Waals surface area contributed by atoms with Gasteiger partial charge in [0.25, 0.3) is 0 Å². The van der Waals surface area contributed by atoms with Gasteiger partial charge in [0.2, 0.25) is 5.91 Å². The molecule has 6 nitrogen and oxygen atoms in total. The molecule has 156 valence electrons. The van der Waals surface area contributed by atoms with Gasteiger partial charge in [0.15, 0.2) is 0 Å². The van der Waals surface area contributed by atoms with Crippen molar-refractivity contribution < 1.29 is 37.0 Å². The predicted molar refractivity (Wildman–Crippen MR) is 90.7 cm³/mol. The molecule has 0 aliphatic carbocycles. The van der Waals surface area contributed by atoms with Crippen LogP contribution in [0.3, 0.4) is 0 Å².